The molecule has 1 heterocycles. The van der Waals surface area contributed by atoms with Crippen molar-refractivity contribution >= 4 is 40.6 Å². The van der Waals surface area contributed by atoms with Gasteiger partial charge in [-0.15, -0.1) is 0 Å². The SMILES string of the molecule is COc1ccc(/C(=N/NC(=O)NN)[C@H](c2ccc(OC)cc2)[C@]2(O)CNc3c(Cl)cc(Cl)cc32)cc1. The van der Waals surface area contributed by atoms with Gasteiger partial charge in [-0.2, -0.15) is 5.10 Å². The number of ether oxygens (including phenoxy) is 2. The summed E-state index contributed by atoms with van der Waals surface area (Å²) in [5, 5.41) is 20.7. The van der Waals surface area contributed by atoms with Crippen molar-refractivity contribution in [1.82, 2.24) is 10.9 Å². The van der Waals surface area contributed by atoms with E-state index in [0.717, 1.165) is 0 Å². The van der Waals surface area contributed by atoms with Gasteiger partial charge >= 0.3 is 6.03 Å². The van der Waals surface area contributed by atoms with E-state index in [9.17, 15) is 9.90 Å². The van der Waals surface area contributed by atoms with Gasteiger partial charge in [0.05, 0.1) is 36.6 Å². The largest absolute Gasteiger partial charge is 0.497 e. The van der Waals surface area contributed by atoms with Gasteiger partial charge in [0.15, 0.2) is 0 Å². The Bertz CT molecular complexity index is 1280. The molecule has 2 atom stereocenters. The molecule has 0 spiro atoms. The molecule has 0 radical (unpaired) electrons. The van der Waals surface area contributed by atoms with Gasteiger partial charge in [0.2, 0.25) is 0 Å². The Morgan fingerprint density at radius 3 is 2.28 bits per heavy atom. The average Bonchev–Trinajstić information content (AvgIpc) is 3.23. The van der Waals surface area contributed by atoms with E-state index >= 15 is 0 Å². The molecular weight excluding hydrogens is 505 g/mol. The van der Waals surface area contributed by atoms with Crippen molar-refractivity contribution in [2.45, 2.75) is 11.5 Å². The first-order valence-electron chi connectivity index (χ1n) is 10.9. The Morgan fingerprint density at radius 1 is 1.08 bits per heavy atom. The molecule has 4 rings (SSSR count). The normalized spacial score (nSPS) is 17.6. The lowest BCUT2D eigenvalue weighted by molar-refractivity contribution is 0.0484. The number of nitrogens with one attached hydrogen (secondary N) is 3. The van der Waals surface area contributed by atoms with Gasteiger partial charge in [0.25, 0.3) is 0 Å². The average molecular weight is 530 g/mol. The van der Waals surface area contributed by atoms with Gasteiger partial charge < -0.3 is 19.9 Å². The van der Waals surface area contributed by atoms with Gasteiger partial charge in [-0.05, 0) is 59.7 Å². The number of rotatable bonds is 7. The van der Waals surface area contributed by atoms with Crippen LogP contribution in [0.3, 0.4) is 0 Å². The third-order valence-electron chi connectivity index (χ3n) is 6.05. The molecule has 0 saturated carbocycles. The molecule has 11 heteroatoms. The Morgan fingerprint density at radius 2 is 1.69 bits per heavy atom. The molecule has 2 amide bonds. The molecule has 1 aliphatic rings. The molecule has 36 heavy (non-hydrogen) atoms. The van der Waals surface area contributed by atoms with Crippen molar-refractivity contribution in [3.63, 3.8) is 0 Å². The summed E-state index contributed by atoms with van der Waals surface area (Å²) in [6.07, 6.45) is 0. The summed E-state index contributed by atoms with van der Waals surface area (Å²) in [7, 11) is 3.13. The summed E-state index contributed by atoms with van der Waals surface area (Å²) in [5.41, 5.74) is 5.60. The number of amides is 2. The van der Waals surface area contributed by atoms with Crippen LogP contribution >= 0.6 is 23.2 Å². The lowest BCUT2D eigenvalue weighted by Gasteiger charge is -2.34. The molecule has 0 aromatic heterocycles. The summed E-state index contributed by atoms with van der Waals surface area (Å²) >= 11 is 12.8. The number of nitrogens with two attached hydrogens (primary N) is 1. The maximum absolute atomic E-state index is 12.3. The highest BCUT2D eigenvalue weighted by atomic mass is 35.5. The first-order chi connectivity index (χ1) is 17.3. The zero-order chi connectivity index (χ0) is 25.9. The summed E-state index contributed by atoms with van der Waals surface area (Å²) in [5.74, 6) is 5.73. The second-order valence-electron chi connectivity index (χ2n) is 8.10. The van der Waals surface area contributed by atoms with Crippen LogP contribution in [0, 0.1) is 0 Å². The number of hydrazine groups is 1. The summed E-state index contributed by atoms with van der Waals surface area (Å²) in [6, 6.07) is 16.9. The monoisotopic (exact) mass is 529 g/mol. The Hall–Kier alpha value is -3.50. The van der Waals surface area contributed by atoms with Crippen LogP contribution in [0.2, 0.25) is 10.0 Å². The van der Waals surface area contributed by atoms with E-state index in [1.165, 1.54) is 0 Å². The zero-order valence-corrected chi connectivity index (χ0v) is 21.0. The molecule has 0 unspecified atom stereocenters. The van der Waals surface area contributed by atoms with Crippen LogP contribution in [0.25, 0.3) is 0 Å². The lowest BCUT2D eigenvalue weighted by atomic mass is 9.74. The molecule has 9 nitrogen and oxygen atoms in total. The number of carbonyl (C=O) groups is 1. The number of nitrogens with zero attached hydrogens (tertiary/aromatic N) is 1. The van der Waals surface area contributed by atoms with Crippen molar-refractivity contribution in [2.75, 3.05) is 26.1 Å². The van der Waals surface area contributed by atoms with Gasteiger partial charge in [0.1, 0.15) is 17.1 Å². The van der Waals surface area contributed by atoms with Crippen molar-refractivity contribution in [1.29, 1.82) is 0 Å². The quantitative estimate of drug-likeness (QED) is 0.136. The third-order valence-corrected chi connectivity index (χ3v) is 6.57. The van der Waals surface area contributed by atoms with E-state index in [1.54, 1.807) is 62.8 Å². The molecule has 1 aliphatic heterocycles. The van der Waals surface area contributed by atoms with E-state index in [4.69, 9.17) is 38.5 Å². The minimum absolute atomic E-state index is 0.108. The predicted molar refractivity (Wildman–Crippen MR) is 140 cm³/mol. The van der Waals surface area contributed by atoms with E-state index < -0.39 is 17.6 Å². The molecule has 0 bridgehead atoms. The van der Waals surface area contributed by atoms with Crippen molar-refractivity contribution in [3.8, 4) is 11.5 Å². The van der Waals surface area contributed by atoms with Gasteiger partial charge in [-0.25, -0.2) is 16.1 Å². The number of hydrazone groups is 1. The molecule has 0 fully saturated rings. The minimum Gasteiger partial charge on any atom is -0.497 e. The van der Waals surface area contributed by atoms with E-state index in [0.29, 0.717) is 49.6 Å². The highest BCUT2D eigenvalue weighted by Crippen LogP contribution is 2.49. The number of aliphatic hydroxyl groups is 1. The number of hydrogen-bond acceptors (Lipinski definition) is 7. The van der Waals surface area contributed by atoms with Crippen LogP contribution in [0.4, 0.5) is 10.5 Å². The molecule has 3 aromatic rings. The Balaban J connectivity index is 1.95. The van der Waals surface area contributed by atoms with E-state index in [1.807, 2.05) is 17.6 Å². The Labute approximate surface area is 218 Å². The van der Waals surface area contributed by atoms with Gasteiger partial charge in [0, 0.05) is 17.1 Å². The van der Waals surface area contributed by atoms with Crippen molar-refractivity contribution in [3.05, 3.63) is 87.4 Å². The maximum Gasteiger partial charge on any atom is 0.349 e. The lowest BCUT2D eigenvalue weighted by Crippen LogP contribution is -2.42. The van der Waals surface area contributed by atoms with Gasteiger partial charge in [-0.1, -0.05) is 35.3 Å². The number of anilines is 1. The number of halogens is 2. The molecule has 6 N–H and O–H groups in total. The maximum atomic E-state index is 12.3. The number of methoxy groups -OCH3 is 2. The fourth-order valence-corrected chi connectivity index (χ4v) is 4.89. The molecule has 0 aliphatic carbocycles. The number of β-amino-alcohol motifs (C(OH)–C–C–N with tert-alkyl or cyclic N) is 1. The predicted octanol–water partition coefficient (Wildman–Crippen LogP) is 3.98. The first-order valence-corrected chi connectivity index (χ1v) is 11.6. The molecule has 188 valence electrons. The standard InChI is InChI=1S/C25H25Cl2N5O4/c1-35-17-7-3-14(4-8-17)21(25(34)13-29-23-19(25)11-16(26)12-20(23)27)22(31-32-24(33)30-28)15-5-9-18(36-2)10-6-15/h3-12,21,29,34H,13,28H2,1-2H3,(H2,30,32,33)/b31-22-/t21-,25-/m0/s1. The highest BCUT2D eigenvalue weighted by molar-refractivity contribution is 6.36. The highest BCUT2D eigenvalue weighted by Gasteiger charge is 2.48. The summed E-state index contributed by atoms with van der Waals surface area (Å²) in [6.45, 7) is 0.108. The third kappa shape index (κ3) is 4.91. The van der Waals surface area contributed by atoms with Crippen LogP contribution in [-0.2, 0) is 5.60 Å². The van der Waals surface area contributed by atoms with Gasteiger partial charge in [-0.3, -0.25) is 5.43 Å². The van der Waals surface area contributed by atoms with E-state index in [2.05, 4.69) is 15.8 Å². The number of hydrogen-bond donors (Lipinski definition) is 5. The fraction of sp³-hybridized carbons (Fsp3) is 0.200. The van der Waals surface area contributed by atoms with Crippen LogP contribution < -0.4 is 31.5 Å². The number of benzene rings is 3. The first kappa shape index (κ1) is 25.6. The molecular formula is C25H25Cl2N5O4. The fourth-order valence-electron chi connectivity index (χ4n) is 4.33. The number of urea groups is 1. The Kier molecular flexibility index (Phi) is 7.56. The smallest absolute Gasteiger partial charge is 0.349 e. The van der Waals surface area contributed by atoms with Crippen LogP contribution in [0.1, 0.15) is 22.6 Å². The number of fused-ring (bicyclic) bond motifs is 1. The topological polar surface area (TPSA) is 130 Å². The van der Waals surface area contributed by atoms with E-state index in [-0.39, 0.29) is 6.54 Å². The van der Waals surface area contributed by atoms with Crippen LogP contribution in [0.15, 0.2) is 65.8 Å². The summed E-state index contributed by atoms with van der Waals surface area (Å²) < 4.78 is 10.6. The van der Waals surface area contributed by atoms with Crippen LogP contribution in [0.5, 0.6) is 11.5 Å². The second kappa shape index (κ2) is 10.6. The number of carbonyl (C=O) groups excluding carboxylic acids is 1. The molecule has 0 saturated heterocycles. The minimum atomic E-state index is -1.56. The zero-order valence-electron chi connectivity index (χ0n) is 19.5. The van der Waals surface area contributed by atoms with Crippen molar-refractivity contribution in [2.24, 2.45) is 10.9 Å². The molecule has 3 aromatic carbocycles. The second-order valence-corrected chi connectivity index (χ2v) is 8.95. The van der Waals surface area contributed by atoms with Crippen molar-refractivity contribution < 1.29 is 19.4 Å². The van der Waals surface area contributed by atoms with Crippen LogP contribution in [-0.4, -0.2) is 37.6 Å². The summed E-state index contributed by atoms with van der Waals surface area (Å²) in [4.78, 5) is 12.0.